The zero-order chi connectivity index (χ0) is 22.0. The largest absolute Gasteiger partial charge is 0.451 e. The van der Waals surface area contributed by atoms with Crippen LogP contribution in [0.1, 0.15) is 44.0 Å². The molecule has 1 aromatic rings. The molecule has 158 valence electrons. The highest BCUT2D eigenvalue weighted by molar-refractivity contribution is 6.08. The number of allylic oxidation sites excluding steroid dienone is 2. The Balaban J connectivity index is 1.61. The van der Waals surface area contributed by atoms with Crippen LogP contribution in [0.25, 0.3) is 0 Å². The third-order valence-electron chi connectivity index (χ3n) is 5.47. The van der Waals surface area contributed by atoms with E-state index in [1.165, 1.54) is 26.8 Å². The molecule has 1 aromatic carbocycles. The van der Waals surface area contributed by atoms with Crippen molar-refractivity contribution in [3.63, 3.8) is 0 Å². The fourth-order valence-electron chi connectivity index (χ4n) is 3.70. The Kier molecular flexibility index (Phi) is 6.14. The van der Waals surface area contributed by atoms with E-state index >= 15 is 0 Å². The van der Waals surface area contributed by atoms with Crippen molar-refractivity contribution in [2.24, 2.45) is 11.8 Å². The van der Waals surface area contributed by atoms with Gasteiger partial charge in [-0.3, -0.25) is 24.1 Å². The van der Waals surface area contributed by atoms with Gasteiger partial charge in [-0.1, -0.05) is 24.3 Å². The number of nitrogens with one attached hydrogen (secondary N) is 1. The van der Waals surface area contributed by atoms with Crippen LogP contribution < -0.4 is 5.32 Å². The van der Waals surface area contributed by atoms with E-state index in [-0.39, 0.29) is 17.6 Å². The molecule has 0 saturated carbocycles. The number of carbonyl (C=O) groups is 5. The van der Waals surface area contributed by atoms with Gasteiger partial charge < -0.3 is 10.1 Å². The second kappa shape index (κ2) is 8.61. The molecular weight excluding hydrogens is 388 g/mol. The van der Waals surface area contributed by atoms with Crippen LogP contribution in [0.3, 0.4) is 0 Å². The molecule has 1 fully saturated rings. The zero-order valence-electron chi connectivity index (χ0n) is 17.1. The Morgan fingerprint density at radius 3 is 2.23 bits per heavy atom. The fourth-order valence-corrected chi connectivity index (χ4v) is 3.70. The molecule has 30 heavy (non-hydrogen) atoms. The molecule has 0 unspecified atom stereocenters. The van der Waals surface area contributed by atoms with Gasteiger partial charge in [0.2, 0.25) is 11.8 Å². The molecule has 8 heteroatoms. The predicted molar refractivity (Wildman–Crippen MR) is 107 cm³/mol. The van der Waals surface area contributed by atoms with E-state index in [1.807, 2.05) is 12.2 Å². The number of fused-ring (bicyclic) bond motifs is 1. The average molecular weight is 412 g/mol. The normalized spacial score (nSPS) is 22.3. The van der Waals surface area contributed by atoms with Crippen molar-refractivity contribution in [3.05, 3.63) is 42.0 Å². The Morgan fingerprint density at radius 1 is 1.07 bits per heavy atom. The van der Waals surface area contributed by atoms with E-state index in [9.17, 15) is 24.0 Å². The van der Waals surface area contributed by atoms with E-state index < -0.39 is 35.9 Å². The molecule has 1 aliphatic carbocycles. The number of ketones is 1. The molecule has 2 aliphatic rings. The van der Waals surface area contributed by atoms with Crippen molar-refractivity contribution < 1.29 is 28.7 Å². The first-order valence-electron chi connectivity index (χ1n) is 9.85. The van der Waals surface area contributed by atoms with Gasteiger partial charge in [-0.15, -0.1) is 0 Å². The van der Waals surface area contributed by atoms with Crippen LogP contribution in [0.2, 0.25) is 0 Å². The molecular formula is C22H24N2O6. The number of hydrogen-bond donors (Lipinski definition) is 1. The van der Waals surface area contributed by atoms with Crippen molar-refractivity contribution in [1.29, 1.82) is 0 Å². The van der Waals surface area contributed by atoms with Gasteiger partial charge in [0.05, 0.1) is 11.8 Å². The van der Waals surface area contributed by atoms with Crippen molar-refractivity contribution in [2.45, 2.75) is 45.8 Å². The third-order valence-corrected chi connectivity index (χ3v) is 5.47. The van der Waals surface area contributed by atoms with E-state index in [1.54, 1.807) is 18.2 Å². The SMILES string of the molecule is CC(=O)c1cccc(NC(=O)[C@H](C)OC(=O)[C@H](C)N2C(=O)[C@H]3CC=CC[C@@H]3C2=O)c1. The minimum absolute atomic E-state index is 0.143. The van der Waals surface area contributed by atoms with Crippen LogP contribution in [0, 0.1) is 11.8 Å². The van der Waals surface area contributed by atoms with Crippen molar-refractivity contribution in [2.75, 3.05) is 5.32 Å². The summed E-state index contributed by atoms with van der Waals surface area (Å²) < 4.78 is 5.21. The number of rotatable bonds is 6. The van der Waals surface area contributed by atoms with Crippen LogP contribution in [-0.4, -0.2) is 46.5 Å². The van der Waals surface area contributed by atoms with Crippen molar-refractivity contribution >= 4 is 35.2 Å². The molecule has 3 rings (SSSR count). The Bertz CT molecular complexity index is 911. The summed E-state index contributed by atoms with van der Waals surface area (Å²) in [6, 6.07) is 5.27. The Hall–Kier alpha value is -3.29. The van der Waals surface area contributed by atoms with Crippen LogP contribution in [0.15, 0.2) is 36.4 Å². The highest BCUT2D eigenvalue weighted by Gasteiger charge is 2.50. The van der Waals surface area contributed by atoms with Gasteiger partial charge in [-0.2, -0.15) is 0 Å². The lowest BCUT2D eigenvalue weighted by Crippen LogP contribution is -2.46. The second-order valence-electron chi connectivity index (χ2n) is 7.58. The molecule has 3 amide bonds. The molecule has 0 bridgehead atoms. The molecule has 1 N–H and O–H groups in total. The first-order chi connectivity index (χ1) is 14.2. The van der Waals surface area contributed by atoms with Gasteiger partial charge in [0.25, 0.3) is 5.91 Å². The van der Waals surface area contributed by atoms with Gasteiger partial charge in [-0.05, 0) is 45.7 Å². The molecule has 1 aliphatic heterocycles. The summed E-state index contributed by atoms with van der Waals surface area (Å²) in [4.78, 5) is 62.5. The van der Waals surface area contributed by atoms with E-state index in [2.05, 4.69) is 5.32 Å². The summed E-state index contributed by atoms with van der Waals surface area (Å²) in [6.45, 7) is 4.23. The second-order valence-corrected chi connectivity index (χ2v) is 7.58. The molecule has 1 heterocycles. The van der Waals surface area contributed by atoms with E-state index in [0.29, 0.717) is 24.1 Å². The number of Topliss-reactive ketones (excluding diaryl/α,β-unsaturated/α-hetero) is 1. The number of benzene rings is 1. The summed E-state index contributed by atoms with van der Waals surface area (Å²) in [5.41, 5.74) is 0.832. The molecule has 0 aromatic heterocycles. The molecule has 8 nitrogen and oxygen atoms in total. The summed E-state index contributed by atoms with van der Waals surface area (Å²) in [5.74, 6) is -3.19. The van der Waals surface area contributed by atoms with E-state index in [0.717, 1.165) is 4.90 Å². The third kappa shape index (κ3) is 4.17. The monoisotopic (exact) mass is 412 g/mol. The minimum Gasteiger partial charge on any atom is -0.451 e. The maximum absolute atomic E-state index is 12.6. The van der Waals surface area contributed by atoms with Crippen LogP contribution >= 0.6 is 0 Å². The first kappa shape index (κ1) is 21.4. The zero-order valence-corrected chi connectivity index (χ0v) is 17.1. The van der Waals surface area contributed by atoms with Gasteiger partial charge in [0.1, 0.15) is 6.04 Å². The number of amides is 3. The number of imide groups is 1. The van der Waals surface area contributed by atoms with Crippen molar-refractivity contribution in [1.82, 2.24) is 4.90 Å². The number of hydrogen-bond acceptors (Lipinski definition) is 6. The Morgan fingerprint density at radius 2 is 1.67 bits per heavy atom. The molecule has 1 saturated heterocycles. The van der Waals surface area contributed by atoms with Crippen LogP contribution in [0.5, 0.6) is 0 Å². The molecule has 0 spiro atoms. The predicted octanol–water partition coefficient (Wildman–Crippen LogP) is 2.10. The molecule has 4 atom stereocenters. The smallest absolute Gasteiger partial charge is 0.329 e. The summed E-state index contributed by atoms with van der Waals surface area (Å²) in [6.07, 6.45) is 3.54. The number of ether oxygens (including phenoxy) is 1. The quantitative estimate of drug-likeness (QED) is 0.332. The first-order valence-corrected chi connectivity index (χ1v) is 9.85. The van der Waals surface area contributed by atoms with Crippen LogP contribution in [-0.2, 0) is 23.9 Å². The maximum Gasteiger partial charge on any atom is 0.329 e. The number of carbonyl (C=O) groups excluding carboxylic acids is 5. The topological polar surface area (TPSA) is 110 Å². The summed E-state index contributed by atoms with van der Waals surface area (Å²) >= 11 is 0. The van der Waals surface area contributed by atoms with Crippen molar-refractivity contribution in [3.8, 4) is 0 Å². The Labute approximate surface area is 174 Å². The number of anilines is 1. The highest BCUT2D eigenvalue weighted by atomic mass is 16.5. The van der Waals surface area contributed by atoms with Gasteiger partial charge in [0.15, 0.2) is 11.9 Å². The van der Waals surface area contributed by atoms with Crippen LogP contribution in [0.4, 0.5) is 5.69 Å². The lowest BCUT2D eigenvalue weighted by atomic mass is 9.85. The number of esters is 1. The van der Waals surface area contributed by atoms with Gasteiger partial charge in [-0.25, -0.2) is 4.79 Å². The average Bonchev–Trinajstić information content (AvgIpc) is 2.98. The lowest BCUT2D eigenvalue weighted by molar-refractivity contribution is -0.163. The fraction of sp³-hybridized carbons (Fsp3) is 0.409. The minimum atomic E-state index is -1.15. The number of nitrogens with zero attached hydrogens (tertiary/aromatic N) is 1. The number of likely N-dealkylation sites (tertiary alicyclic amines) is 1. The van der Waals surface area contributed by atoms with Gasteiger partial charge >= 0.3 is 5.97 Å². The van der Waals surface area contributed by atoms with Gasteiger partial charge in [0, 0.05) is 11.3 Å². The lowest BCUT2D eigenvalue weighted by Gasteiger charge is -2.23. The molecule has 0 radical (unpaired) electrons. The summed E-state index contributed by atoms with van der Waals surface area (Å²) in [7, 11) is 0. The maximum atomic E-state index is 12.6. The standard InChI is InChI=1S/C22H24N2O6/c1-12(24-20(27)17-9-4-5-10-18(17)21(24)28)22(29)30-14(3)19(26)23-16-8-6-7-15(11-16)13(2)25/h4-8,11-12,14,17-18H,9-10H2,1-3H3,(H,23,26)/t12-,14-,17-,18-/m0/s1. The summed E-state index contributed by atoms with van der Waals surface area (Å²) in [5, 5.41) is 2.58. The van der Waals surface area contributed by atoms with E-state index in [4.69, 9.17) is 4.74 Å². The highest BCUT2D eigenvalue weighted by Crippen LogP contribution is 2.36.